The Morgan fingerprint density at radius 1 is 1.67 bits per heavy atom. The molecule has 1 aromatic heterocycles. The third-order valence-electron chi connectivity index (χ3n) is 4.37. The Labute approximate surface area is 130 Å². The van der Waals surface area contributed by atoms with E-state index < -0.39 is 11.5 Å². The summed E-state index contributed by atoms with van der Waals surface area (Å²) in [6.07, 6.45) is 3.67. The van der Waals surface area contributed by atoms with Gasteiger partial charge in [-0.3, -0.25) is 9.48 Å². The molecule has 2 N–H and O–H groups in total. The minimum atomic E-state index is -0.711. The van der Waals surface area contributed by atoms with E-state index in [1.165, 1.54) is 0 Å². The van der Waals surface area contributed by atoms with Crippen molar-refractivity contribution >= 4 is 17.7 Å². The van der Waals surface area contributed by atoms with E-state index in [0.717, 1.165) is 42.2 Å². The van der Waals surface area contributed by atoms with Crippen LogP contribution in [-0.2, 0) is 11.8 Å². The Morgan fingerprint density at radius 2 is 2.43 bits per heavy atom. The molecule has 1 aliphatic rings. The fourth-order valence-electron chi connectivity index (χ4n) is 3.40. The zero-order chi connectivity index (χ0) is 15.5. The van der Waals surface area contributed by atoms with Crippen molar-refractivity contribution in [1.29, 1.82) is 0 Å². The summed E-state index contributed by atoms with van der Waals surface area (Å²) in [6, 6.07) is 2.08. The van der Waals surface area contributed by atoms with Crippen molar-refractivity contribution in [3.63, 3.8) is 0 Å². The molecule has 0 radical (unpaired) electrons. The highest BCUT2D eigenvalue weighted by atomic mass is 32.2. The number of aromatic nitrogens is 2. The molecule has 21 heavy (non-hydrogen) atoms. The first-order valence-corrected chi connectivity index (χ1v) is 8.60. The van der Waals surface area contributed by atoms with E-state index in [0.29, 0.717) is 6.54 Å². The summed E-state index contributed by atoms with van der Waals surface area (Å²) in [4.78, 5) is 11.7. The fourth-order valence-corrected chi connectivity index (χ4v) is 4.49. The van der Waals surface area contributed by atoms with Crippen LogP contribution >= 0.6 is 11.8 Å². The van der Waals surface area contributed by atoms with Crippen molar-refractivity contribution < 1.29 is 9.90 Å². The van der Waals surface area contributed by atoms with Crippen molar-refractivity contribution in [1.82, 2.24) is 15.1 Å². The molecule has 1 saturated carbocycles. The minimum absolute atomic E-state index is 0.219. The Bertz CT molecular complexity index is 503. The molecule has 1 fully saturated rings. The van der Waals surface area contributed by atoms with E-state index in [9.17, 15) is 9.90 Å². The van der Waals surface area contributed by atoms with Crippen LogP contribution in [0.3, 0.4) is 0 Å². The van der Waals surface area contributed by atoms with Crippen LogP contribution in [0.5, 0.6) is 0 Å². The van der Waals surface area contributed by atoms with Crippen LogP contribution in [-0.4, -0.2) is 38.7 Å². The zero-order valence-corrected chi connectivity index (χ0v) is 13.9. The third kappa shape index (κ3) is 3.43. The lowest BCUT2D eigenvalue weighted by Crippen LogP contribution is -2.54. The van der Waals surface area contributed by atoms with Gasteiger partial charge >= 0.3 is 5.97 Å². The number of rotatable bonds is 7. The summed E-state index contributed by atoms with van der Waals surface area (Å²) in [5.41, 5.74) is 0.311. The summed E-state index contributed by atoms with van der Waals surface area (Å²) >= 11 is 1.77. The summed E-state index contributed by atoms with van der Waals surface area (Å²) in [5.74, 6) is 0.467. The summed E-state index contributed by atoms with van der Waals surface area (Å²) in [5, 5.41) is 18.4. The van der Waals surface area contributed by atoms with Crippen LogP contribution in [0.1, 0.15) is 38.3 Å². The molecule has 1 heterocycles. The summed E-state index contributed by atoms with van der Waals surface area (Å²) < 4.78 is 1.89. The number of nitrogens with zero attached hydrogens (tertiary/aromatic N) is 2. The molecule has 6 heteroatoms. The molecule has 0 amide bonds. The van der Waals surface area contributed by atoms with Gasteiger partial charge in [-0.25, -0.2) is 0 Å². The monoisotopic (exact) mass is 311 g/mol. The molecular formula is C15H25N3O2S. The first-order valence-electron chi connectivity index (χ1n) is 7.61. The number of likely N-dealkylation sites (N-methyl/N-ethyl adjacent to an activating group) is 1. The third-order valence-corrected chi connectivity index (χ3v) is 5.49. The Kier molecular flexibility index (Phi) is 5.32. The zero-order valence-electron chi connectivity index (χ0n) is 13.1. The van der Waals surface area contributed by atoms with E-state index in [-0.39, 0.29) is 5.92 Å². The first kappa shape index (κ1) is 16.4. The number of nitrogens with one attached hydrogen (secondary N) is 1. The van der Waals surface area contributed by atoms with Gasteiger partial charge in [0.25, 0.3) is 0 Å². The SMILES string of the molecule is CCNC1(C(=O)O)CCCC1CCSc1cc(C)nn1C. The van der Waals surface area contributed by atoms with Crippen LogP contribution in [0.15, 0.2) is 11.1 Å². The number of thioether (sulfide) groups is 1. The van der Waals surface area contributed by atoms with Gasteiger partial charge in [0.15, 0.2) is 0 Å². The van der Waals surface area contributed by atoms with Gasteiger partial charge in [-0.1, -0.05) is 13.3 Å². The van der Waals surface area contributed by atoms with Crippen LogP contribution in [0, 0.1) is 12.8 Å². The van der Waals surface area contributed by atoms with Gasteiger partial charge in [-0.2, -0.15) is 5.10 Å². The Morgan fingerprint density at radius 3 is 3.00 bits per heavy atom. The van der Waals surface area contributed by atoms with Gasteiger partial charge in [0, 0.05) is 7.05 Å². The van der Waals surface area contributed by atoms with Crippen molar-refractivity contribution in [2.45, 2.75) is 50.1 Å². The molecule has 1 aromatic rings. The molecule has 5 nitrogen and oxygen atoms in total. The maximum atomic E-state index is 11.7. The fraction of sp³-hybridized carbons (Fsp3) is 0.733. The largest absolute Gasteiger partial charge is 0.480 e. The molecule has 0 aromatic carbocycles. The van der Waals surface area contributed by atoms with E-state index in [1.54, 1.807) is 11.8 Å². The van der Waals surface area contributed by atoms with E-state index in [2.05, 4.69) is 16.5 Å². The van der Waals surface area contributed by atoms with Gasteiger partial charge in [0.1, 0.15) is 5.54 Å². The molecule has 0 bridgehead atoms. The van der Waals surface area contributed by atoms with Crippen molar-refractivity contribution in [2.75, 3.05) is 12.3 Å². The van der Waals surface area contributed by atoms with Gasteiger partial charge in [0.05, 0.1) is 10.7 Å². The first-order chi connectivity index (χ1) is 9.99. The maximum absolute atomic E-state index is 11.7. The number of carboxylic acids is 1. The normalized spacial score (nSPS) is 25.4. The number of hydrogen-bond acceptors (Lipinski definition) is 4. The van der Waals surface area contributed by atoms with Crippen molar-refractivity contribution in [3.8, 4) is 0 Å². The van der Waals surface area contributed by atoms with E-state index in [4.69, 9.17) is 0 Å². The molecule has 118 valence electrons. The second-order valence-electron chi connectivity index (χ2n) is 5.78. The van der Waals surface area contributed by atoms with E-state index >= 15 is 0 Å². The molecule has 2 atom stereocenters. The average molecular weight is 311 g/mol. The highest BCUT2D eigenvalue weighted by Gasteiger charge is 2.48. The van der Waals surface area contributed by atoms with Gasteiger partial charge < -0.3 is 10.4 Å². The highest BCUT2D eigenvalue weighted by Crippen LogP contribution is 2.39. The second kappa shape index (κ2) is 6.83. The topological polar surface area (TPSA) is 67.2 Å². The lowest BCUT2D eigenvalue weighted by molar-refractivity contribution is -0.146. The van der Waals surface area contributed by atoms with Crippen molar-refractivity contribution in [3.05, 3.63) is 11.8 Å². The van der Waals surface area contributed by atoms with E-state index in [1.807, 2.05) is 25.6 Å². The quantitative estimate of drug-likeness (QED) is 0.757. The predicted octanol–water partition coefficient (Wildman–Crippen LogP) is 2.44. The lowest BCUT2D eigenvalue weighted by atomic mass is 9.85. The number of carboxylic acid groups (broad SMARTS) is 1. The molecular weight excluding hydrogens is 286 g/mol. The second-order valence-corrected chi connectivity index (χ2v) is 6.90. The summed E-state index contributed by atoms with van der Waals surface area (Å²) in [7, 11) is 1.95. The Balaban J connectivity index is 1.95. The van der Waals surface area contributed by atoms with Crippen LogP contribution in [0.25, 0.3) is 0 Å². The molecule has 0 spiro atoms. The number of aliphatic carboxylic acids is 1. The van der Waals surface area contributed by atoms with Crippen LogP contribution < -0.4 is 5.32 Å². The molecule has 0 aliphatic heterocycles. The maximum Gasteiger partial charge on any atom is 0.324 e. The average Bonchev–Trinajstić information content (AvgIpc) is 2.95. The molecule has 2 unspecified atom stereocenters. The van der Waals surface area contributed by atoms with Gasteiger partial charge in [-0.15, -0.1) is 11.8 Å². The standard InChI is InChI=1S/C15H25N3O2S/c1-4-16-15(14(19)20)8-5-6-12(15)7-9-21-13-10-11(2)17-18(13)3/h10,12,16H,4-9H2,1-3H3,(H,19,20). The minimum Gasteiger partial charge on any atom is -0.480 e. The number of hydrogen-bond donors (Lipinski definition) is 2. The molecule has 0 saturated heterocycles. The number of carbonyl (C=O) groups is 1. The van der Waals surface area contributed by atoms with Crippen molar-refractivity contribution in [2.24, 2.45) is 13.0 Å². The predicted molar refractivity (Wildman–Crippen MR) is 84.7 cm³/mol. The van der Waals surface area contributed by atoms with Gasteiger partial charge in [-0.05, 0) is 50.5 Å². The number of aryl methyl sites for hydroxylation is 2. The lowest BCUT2D eigenvalue weighted by Gasteiger charge is -2.32. The molecule has 1 aliphatic carbocycles. The Hall–Kier alpha value is -1.01. The highest BCUT2D eigenvalue weighted by molar-refractivity contribution is 7.99. The summed E-state index contributed by atoms with van der Waals surface area (Å²) in [6.45, 7) is 4.67. The smallest absolute Gasteiger partial charge is 0.324 e. The van der Waals surface area contributed by atoms with Crippen LogP contribution in [0.2, 0.25) is 0 Å². The van der Waals surface area contributed by atoms with Gasteiger partial charge in [0.2, 0.25) is 0 Å². The van der Waals surface area contributed by atoms with Crippen LogP contribution in [0.4, 0.5) is 0 Å². The molecule has 2 rings (SSSR count).